The van der Waals surface area contributed by atoms with Crippen LogP contribution in [-0.4, -0.2) is 63.5 Å². The second kappa shape index (κ2) is 10.6. The van der Waals surface area contributed by atoms with E-state index >= 15 is 0 Å². The second-order valence-corrected chi connectivity index (χ2v) is 8.05. The molecule has 1 saturated heterocycles. The largest absolute Gasteiger partial charge is 0.369 e. The van der Waals surface area contributed by atoms with Gasteiger partial charge in [0.15, 0.2) is 0 Å². The third-order valence-corrected chi connectivity index (χ3v) is 5.89. The summed E-state index contributed by atoms with van der Waals surface area (Å²) in [6.45, 7) is 11.6. The highest BCUT2D eigenvalue weighted by Gasteiger charge is 2.19. The molecule has 2 aromatic rings. The van der Waals surface area contributed by atoms with Crippen LogP contribution in [0.5, 0.6) is 0 Å². The highest BCUT2D eigenvalue weighted by molar-refractivity contribution is 5.79. The van der Waals surface area contributed by atoms with E-state index in [0.717, 1.165) is 69.8 Å². The molecular formula is C24H35N5O. The Balaban J connectivity index is 1.84. The Kier molecular flexibility index (Phi) is 7.85. The van der Waals surface area contributed by atoms with Gasteiger partial charge in [-0.3, -0.25) is 9.69 Å². The lowest BCUT2D eigenvalue weighted by atomic mass is 10.1. The summed E-state index contributed by atoms with van der Waals surface area (Å²) in [5, 5.41) is 0. The number of aldehydes is 1. The molecule has 6 nitrogen and oxygen atoms in total. The lowest BCUT2D eigenvalue weighted by Crippen LogP contribution is -2.47. The van der Waals surface area contributed by atoms with Crippen LogP contribution in [0.3, 0.4) is 0 Å². The zero-order valence-corrected chi connectivity index (χ0v) is 18.3. The van der Waals surface area contributed by atoms with Crippen molar-refractivity contribution < 1.29 is 4.79 Å². The number of carbonyl (C=O) groups is 1. The summed E-state index contributed by atoms with van der Waals surface area (Å²) in [6, 6.07) is 12.6. The molecular weight excluding hydrogens is 374 g/mol. The van der Waals surface area contributed by atoms with Gasteiger partial charge in [0.1, 0.15) is 6.29 Å². The van der Waals surface area contributed by atoms with Crippen molar-refractivity contribution in [2.75, 3.05) is 62.2 Å². The smallest absolute Gasteiger partial charge is 0.150 e. The fraction of sp³-hybridized carbons (Fsp3) is 0.458. The number of rotatable bonds is 9. The zero-order chi connectivity index (χ0) is 21.5. The van der Waals surface area contributed by atoms with Gasteiger partial charge >= 0.3 is 0 Å². The average Bonchev–Trinajstić information content (AvgIpc) is 2.76. The molecule has 4 N–H and O–H groups in total. The maximum Gasteiger partial charge on any atom is 0.150 e. The van der Waals surface area contributed by atoms with E-state index in [2.05, 4.69) is 46.7 Å². The van der Waals surface area contributed by atoms with Gasteiger partial charge in [0.05, 0.1) is 0 Å². The summed E-state index contributed by atoms with van der Waals surface area (Å²) >= 11 is 0. The number of aryl methyl sites for hydroxylation is 2. The van der Waals surface area contributed by atoms with Crippen LogP contribution in [0.1, 0.15) is 27.9 Å². The lowest BCUT2D eigenvalue weighted by molar-refractivity contribution is 0.112. The summed E-state index contributed by atoms with van der Waals surface area (Å²) in [6.07, 6.45) is 1.80. The number of benzene rings is 2. The maximum atomic E-state index is 11.1. The number of piperazine rings is 1. The SMILES string of the molecule is Cc1cc(C=O)ccc1N(CCCN)c1ccc(N2CCN(CCN)CC2)cc1C. The van der Waals surface area contributed by atoms with Gasteiger partial charge < -0.3 is 21.3 Å². The molecule has 30 heavy (non-hydrogen) atoms. The molecule has 0 bridgehead atoms. The van der Waals surface area contributed by atoms with Crippen molar-refractivity contribution >= 4 is 23.3 Å². The third-order valence-electron chi connectivity index (χ3n) is 5.89. The standard InChI is InChI=1S/C24H35N5O/c1-19-16-21(18-30)4-6-23(19)29(10-3-8-25)24-7-5-22(17-20(24)2)28-14-12-27(11-9-26)13-15-28/h4-7,16-18H,3,8-15,25-26H2,1-2H3. The predicted molar refractivity (Wildman–Crippen MR) is 126 cm³/mol. The minimum Gasteiger partial charge on any atom is -0.369 e. The fourth-order valence-electron chi connectivity index (χ4n) is 4.23. The van der Waals surface area contributed by atoms with Crippen LogP contribution in [-0.2, 0) is 0 Å². The first-order chi connectivity index (χ1) is 14.6. The molecule has 3 rings (SSSR count). The molecule has 1 heterocycles. The molecule has 0 saturated carbocycles. The molecule has 162 valence electrons. The summed E-state index contributed by atoms with van der Waals surface area (Å²) in [5.74, 6) is 0. The Bertz CT molecular complexity index is 845. The summed E-state index contributed by atoms with van der Waals surface area (Å²) in [7, 11) is 0. The van der Waals surface area contributed by atoms with Crippen molar-refractivity contribution in [2.45, 2.75) is 20.3 Å². The van der Waals surface area contributed by atoms with Crippen molar-refractivity contribution in [1.29, 1.82) is 0 Å². The Labute approximate surface area is 180 Å². The first kappa shape index (κ1) is 22.3. The lowest BCUT2D eigenvalue weighted by Gasteiger charge is -2.36. The van der Waals surface area contributed by atoms with Crippen LogP contribution >= 0.6 is 0 Å². The van der Waals surface area contributed by atoms with Crippen molar-refractivity contribution in [1.82, 2.24) is 4.90 Å². The number of nitrogens with zero attached hydrogens (tertiary/aromatic N) is 3. The van der Waals surface area contributed by atoms with E-state index in [1.54, 1.807) is 0 Å². The average molecular weight is 410 g/mol. The first-order valence-electron chi connectivity index (χ1n) is 10.9. The molecule has 1 fully saturated rings. The van der Waals surface area contributed by atoms with E-state index in [-0.39, 0.29) is 0 Å². The highest BCUT2D eigenvalue weighted by atomic mass is 16.1. The molecule has 1 aliphatic heterocycles. The maximum absolute atomic E-state index is 11.1. The minimum atomic E-state index is 0.645. The Morgan fingerprint density at radius 2 is 1.60 bits per heavy atom. The number of carbonyl (C=O) groups excluding carboxylic acids is 1. The first-order valence-corrected chi connectivity index (χ1v) is 10.9. The van der Waals surface area contributed by atoms with Crippen molar-refractivity contribution in [2.24, 2.45) is 11.5 Å². The van der Waals surface area contributed by atoms with Crippen molar-refractivity contribution in [3.05, 3.63) is 53.1 Å². The Hall–Kier alpha value is -2.41. The number of anilines is 3. The van der Waals surface area contributed by atoms with Gasteiger partial charge in [-0.2, -0.15) is 0 Å². The molecule has 0 spiro atoms. The minimum absolute atomic E-state index is 0.645. The van der Waals surface area contributed by atoms with Gasteiger partial charge in [-0.1, -0.05) is 0 Å². The number of hydrogen-bond donors (Lipinski definition) is 2. The Morgan fingerprint density at radius 1 is 0.933 bits per heavy atom. The van der Waals surface area contributed by atoms with E-state index < -0.39 is 0 Å². The number of nitrogens with two attached hydrogens (primary N) is 2. The van der Waals surface area contributed by atoms with Crippen LogP contribution < -0.4 is 21.3 Å². The van der Waals surface area contributed by atoms with Crippen LogP contribution in [0.15, 0.2) is 36.4 Å². The van der Waals surface area contributed by atoms with Crippen LogP contribution in [0.4, 0.5) is 17.1 Å². The monoisotopic (exact) mass is 409 g/mol. The third kappa shape index (κ3) is 5.19. The van der Waals surface area contributed by atoms with Gasteiger partial charge in [-0.05, 0) is 74.3 Å². The predicted octanol–water partition coefficient (Wildman–Crippen LogP) is 2.68. The van der Waals surface area contributed by atoms with E-state index in [1.165, 1.54) is 16.9 Å². The van der Waals surface area contributed by atoms with E-state index in [1.807, 2.05) is 18.2 Å². The summed E-state index contributed by atoms with van der Waals surface area (Å²) in [4.78, 5) is 18.4. The Morgan fingerprint density at radius 3 is 2.17 bits per heavy atom. The van der Waals surface area contributed by atoms with Gasteiger partial charge in [-0.15, -0.1) is 0 Å². The van der Waals surface area contributed by atoms with Gasteiger partial charge in [0.2, 0.25) is 0 Å². The van der Waals surface area contributed by atoms with Crippen LogP contribution in [0.25, 0.3) is 0 Å². The molecule has 0 amide bonds. The van der Waals surface area contributed by atoms with E-state index in [9.17, 15) is 4.79 Å². The van der Waals surface area contributed by atoms with E-state index in [4.69, 9.17) is 11.5 Å². The topological polar surface area (TPSA) is 78.8 Å². The van der Waals surface area contributed by atoms with Crippen molar-refractivity contribution in [3.8, 4) is 0 Å². The van der Waals surface area contributed by atoms with Crippen LogP contribution in [0.2, 0.25) is 0 Å². The van der Waals surface area contributed by atoms with Crippen LogP contribution in [0, 0.1) is 13.8 Å². The van der Waals surface area contributed by atoms with Gasteiger partial charge in [-0.25, -0.2) is 0 Å². The highest BCUT2D eigenvalue weighted by Crippen LogP contribution is 2.33. The molecule has 0 unspecified atom stereocenters. The van der Waals surface area contributed by atoms with Gasteiger partial charge in [0, 0.05) is 68.4 Å². The summed E-state index contributed by atoms with van der Waals surface area (Å²) in [5.41, 5.74) is 18.1. The van der Waals surface area contributed by atoms with Gasteiger partial charge in [0.25, 0.3) is 0 Å². The van der Waals surface area contributed by atoms with E-state index in [0.29, 0.717) is 12.1 Å². The molecule has 0 aromatic heterocycles. The molecule has 2 aromatic carbocycles. The molecule has 0 radical (unpaired) electrons. The molecule has 0 atom stereocenters. The zero-order valence-electron chi connectivity index (χ0n) is 18.3. The number of hydrogen-bond acceptors (Lipinski definition) is 6. The fourth-order valence-corrected chi connectivity index (χ4v) is 4.23. The molecule has 1 aliphatic rings. The quantitative estimate of drug-likeness (QED) is 0.620. The van der Waals surface area contributed by atoms with Crippen molar-refractivity contribution in [3.63, 3.8) is 0 Å². The molecule has 0 aliphatic carbocycles. The second-order valence-electron chi connectivity index (χ2n) is 8.05. The molecule has 6 heteroatoms. The normalized spacial score (nSPS) is 14.7. The summed E-state index contributed by atoms with van der Waals surface area (Å²) < 4.78 is 0.